The summed E-state index contributed by atoms with van der Waals surface area (Å²) in [6.07, 6.45) is -1.03. The molecule has 3 rings (SSSR count). The van der Waals surface area contributed by atoms with Gasteiger partial charge in [0.25, 0.3) is 6.04 Å². The molecule has 0 spiro atoms. The van der Waals surface area contributed by atoms with Gasteiger partial charge in [-0.3, -0.25) is 10.1 Å². The Bertz CT molecular complexity index is 589. The van der Waals surface area contributed by atoms with E-state index in [0.29, 0.717) is 11.1 Å². The molecule has 2 aromatic carbocycles. The molecule has 0 saturated heterocycles. The minimum atomic E-state index is -1.03. The summed E-state index contributed by atoms with van der Waals surface area (Å²) in [6, 6.07) is 9.84. The van der Waals surface area contributed by atoms with E-state index < -0.39 is 17.1 Å². The van der Waals surface area contributed by atoms with Crippen LogP contribution in [0.15, 0.2) is 36.4 Å². The third-order valence-corrected chi connectivity index (χ3v) is 3.13. The highest BCUT2D eigenvalue weighted by molar-refractivity contribution is 5.91. The molecule has 0 aliphatic heterocycles. The molecule has 1 aliphatic carbocycles. The van der Waals surface area contributed by atoms with Crippen molar-refractivity contribution in [3.05, 3.63) is 57.6 Å². The zero-order valence-electron chi connectivity index (χ0n) is 8.33. The van der Waals surface area contributed by atoms with Gasteiger partial charge in [0, 0.05) is 10.5 Å². The Balaban J connectivity index is 2.39. The van der Waals surface area contributed by atoms with E-state index in [2.05, 4.69) is 0 Å². The Morgan fingerprint density at radius 3 is 2.38 bits per heavy atom. The first kappa shape index (κ1) is 9.30. The van der Waals surface area contributed by atoms with Gasteiger partial charge in [-0.2, -0.15) is 0 Å². The van der Waals surface area contributed by atoms with E-state index >= 15 is 0 Å². The summed E-state index contributed by atoms with van der Waals surface area (Å²) in [4.78, 5) is 10.5. The summed E-state index contributed by atoms with van der Waals surface area (Å²) in [7, 11) is 0. The van der Waals surface area contributed by atoms with Crippen LogP contribution < -0.4 is 0 Å². The van der Waals surface area contributed by atoms with Crippen LogP contribution in [0.3, 0.4) is 0 Å². The van der Waals surface area contributed by atoms with E-state index in [1.165, 1.54) is 0 Å². The van der Waals surface area contributed by atoms with Crippen LogP contribution in [-0.4, -0.2) is 10.0 Å². The number of aliphatic hydroxyl groups excluding tert-OH is 1. The second-order valence-electron chi connectivity index (χ2n) is 3.97. The van der Waals surface area contributed by atoms with Gasteiger partial charge < -0.3 is 5.11 Å². The van der Waals surface area contributed by atoms with Gasteiger partial charge in [-0.15, -0.1) is 0 Å². The smallest absolute Gasteiger partial charge is 0.268 e. The fourth-order valence-electron chi connectivity index (χ4n) is 2.46. The number of rotatable bonds is 1. The molecular formula is C12H9NO3. The maximum absolute atomic E-state index is 11.0. The fourth-order valence-corrected chi connectivity index (χ4v) is 2.46. The van der Waals surface area contributed by atoms with Crippen LogP contribution in [0.2, 0.25) is 0 Å². The van der Waals surface area contributed by atoms with Crippen molar-refractivity contribution in [3.8, 4) is 0 Å². The zero-order valence-corrected chi connectivity index (χ0v) is 8.33. The Kier molecular flexibility index (Phi) is 1.76. The molecule has 0 aromatic heterocycles. The monoisotopic (exact) mass is 215 g/mol. The van der Waals surface area contributed by atoms with E-state index in [-0.39, 0.29) is 0 Å². The largest absolute Gasteiger partial charge is 0.381 e. The van der Waals surface area contributed by atoms with E-state index in [0.717, 1.165) is 10.8 Å². The molecule has 2 aromatic rings. The zero-order chi connectivity index (χ0) is 11.3. The summed E-state index contributed by atoms with van der Waals surface area (Å²) in [5, 5.41) is 22.7. The number of benzene rings is 2. The average Bonchev–Trinajstić information content (AvgIpc) is 2.55. The van der Waals surface area contributed by atoms with E-state index in [4.69, 9.17) is 0 Å². The van der Waals surface area contributed by atoms with Gasteiger partial charge in [0.05, 0.1) is 0 Å². The molecule has 0 amide bonds. The maximum Gasteiger partial charge on any atom is 0.268 e. The predicted octanol–water partition coefficient (Wildman–Crippen LogP) is 2.20. The minimum absolute atomic E-state index is 0.417. The van der Waals surface area contributed by atoms with Gasteiger partial charge >= 0.3 is 0 Å². The molecule has 1 N–H and O–H groups in total. The lowest BCUT2D eigenvalue weighted by molar-refractivity contribution is -0.541. The molecule has 16 heavy (non-hydrogen) atoms. The molecule has 4 heteroatoms. The van der Waals surface area contributed by atoms with Crippen LogP contribution in [0, 0.1) is 10.1 Å². The van der Waals surface area contributed by atoms with Gasteiger partial charge in [0.1, 0.15) is 0 Å². The Morgan fingerprint density at radius 2 is 1.75 bits per heavy atom. The van der Waals surface area contributed by atoms with E-state index in [1.54, 1.807) is 18.2 Å². The highest BCUT2D eigenvalue weighted by Crippen LogP contribution is 2.45. The standard InChI is InChI=1S/C12H9NO3/c14-12-9-6-2-4-7-3-1-5-8(10(7)9)11(12)13(15)16/h1-6,11-12,14H. The number of hydrogen-bond acceptors (Lipinski definition) is 3. The van der Waals surface area contributed by atoms with Gasteiger partial charge in [0.15, 0.2) is 6.10 Å². The highest BCUT2D eigenvalue weighted by Gasteiger charge is 2.41. The van der Waals surface area contributed by atoms with Crippen molar-refractivity contribution in [2.75, 3.05) is 0 Å². The van der Waals surface area contributed by atoms with Gasteiger partial charge in [-0.05, 0) is 16.3 Å². The Hall–Kier alpha value is -1.94. The second kappa shape index (κ2) is 3.02. The summed E-state index contributed by atoms with van der Waals surface area (Å²) < 4.78 is 0. The SMILES string of the molecule is O=[N+]([O-])C1c2cccc3cccc(c23)C1O. The lowest BCUT2D eigenvalue weighted by Crippen LogP contribution is -2.14. The number of aliphatic hydroxyl groups is 1. The van der Waals surface area contributed by atoms with Crippen molar-refractivity contribution in [2.24, 2.45) is 0 Å². The first-order valence-corrected chi connectivity index (χ1v) is 5.03. The lowest BCUT2D eigenvalue weighted by Gasteiger charge is -2.07. The van der Waals surface area contributed by atoms with Crippen LogP contribution in [-0.2, 0) is 0 Å². The van der Waals surface area contributed by atoms with Crippen LogP contribution in [0.25, 0.3) is 10.8 Å². The summed E-state index contributed by atoms with van der Waals surface area (Å²) in [5.41, 5.74) is 1.28. The average molecular weight is 215 g/mol. The summed E-state index contributed by atoms with van der Waals surface area (Å²) in [5.74, 6) is 0. The molecule has 0 fully saturated rings. The number of nitro groups is 1. The Morgan fingerprint density at radius 1 is 1.12 bits per heavy atom. The van der Waals surface area contributed by atoms with Crippen molar-refractivity contribution >= 4 is 10.8 Å². The second-order valence-corrected chi connectivity index (χ2v) is 3.97. The van der Waals surface area contributed by atoms with E-state index in [1.807, 2.05) is 18.2 Å². The molecular weight excluding hydrogens is 206 g/mol. The molecule has 1 aliphatic rings. The topological polar surface area (TPSA) is 63.4 Å². The maximum atomic E-state index is 11.0. The molecule has 4 nitrogen and oxygen atoms in total. The quantitative estimate of drug-likeness (QED) is 0.586. The molecule has 0 heterocycles. The minimum Gasteiger partial charge on any atom is -0.381 e. The molecule has 0 saturated carbocycles. The van der Waals surface area contributed by atoms with Crippen LogP contribution in [0.5, 0.6) is 0 Å². The molecule has 80 valence electrons. The Labute approximate surface area is 91.3 Å². The highest BCUT2D eigenvalue weighted by atomic mass is 16.6. The molecule has 2 atom stereocenters. The third kappa shape index (κ3) is 1.02. The van der Waals surface area contributed by atoms with Crippen molar-refractivity contribution in [3.63, 3.8) is 0 Å². The summed E-state index contributed by atoms with van der Waals surface area (Å²) in [6.45, 7) is 0. The normalized spacial score (nSPS) is 22.6. The summed E-state index contributed by atoms with van der Waals surface area (Å²) >= 11 is 0. The van der Waals surface area contributed by atoms with Gasteiger partial charge in [0.2, 0.25) is 0 Å². The van der Waals surface area contributed by atoms with Crippen molar-refractivity contribution < 1.29 is 10.0 Å². The van der Waals surface area contributed by atoms with Crippen LogP contribution in [0.4, 0.5) is 0 Å². The van der Waals surface area contributed by atoms with Crippen molar-refractivity contribution in [1.29, 1.82) is 0 Å². The van der Waals surface area contributed by atoms with Gasteiger partial charge in [-0.1, -0.05) is 36.4 Å². The molecule has 2 unspecified atom stereocenters. The van der Waals surface area contributed by atoms with Gasteiger partial charge in [-0.25, -0.2) is 0 Å². The molecule has 0 radical (unpaired) electrons. The van der Waals surface area contributed by atoms with Crippen molar-refractivity contribution in [2.45, 2.75) is 12.1 Å². The first-order valence-electron chi connectivity index (χ1n) is 5.03. The van der Waals surface area contributed by atoms with Crippen LogP contribution >= 0.6 is 0 Å². The van der Waals surface area contributed by atoms with Crippen molar-refractivity contribution in [1.82, 2.24) is 0 Å². The van der Waals surface area contributed by atoms with Crippen LogP contribution in [0.1, 0.15) is 23.3 Å². The third-order valence-electron chi connectivity index (χ3n) is 3.13. The van der Waals surface area contributed by atoms with E-state index in [9.17, 15) is 15.2 Å². The fraction of sp³-hybridized carbons (Fsp3) is 0.167. The number of hydrogen-bond donors (Lipinski definition) is 1. The first-order chi connectivity index (χ1) is 7.70. The molecule has 0 bridgehead atoms. The predicted molar refractivity (Wildman–Crippen MR) is 58.6 cm³/mol. The lowest BCUT2D eigenvalue weighted by atomic mass is 10.1. The number of nitrogens with zero attached hydrogens (tertiary/aromatic N) is 1.